The number of tetrazole rings is 1. The molecule has 2 heterocycles. The number of aromatic amines is 1. The number of aryl methyl sites for hydroxylation is 2. The maximum absolute atomic E-state index is 12.3. The molecule has 0 aliphatic rings. The van der Waals surface area contributed by atoms with E-state index in [4.69, 9.17) is 4.42 Å². The van der Waals surface area contributed by atoms with Crippen molar-refractivity contribution in [1.82, 2.24) is 20.6 Å². The standard InChI is InChI=1S/C14H13N5O2/c1-8-7-9(2)21-12(8)14(20)15-11-6-4-3-5-10(11)13-16-18-19-17-13/h3-7H,1-2H3,(H,15,20)(H,16,17,18,19). The summed E-state index contributed by atoms with van der Waals surface area (Å²) in [5.41, 5.74) is 2.07. The van der Waals surface area contributed by atoms with Gasteiger partial charge in [-0.1, -0.05) is 12.1 Å². The van der Waals surface area contributed by atoms with Crippen molar-refractivity contribution in [3.05, 3.63) is 47.4 Å². The summed E-state index contributed by atoms with van der Waals surface area (Å²) in [6.45, 7) is 3.63. The molecule has 1 amide bonds. The zero-order chi connectivity index (χ0) is 14.8. The molecule has 0 fully saturated rings. The van der Waals surface area contributed by atoms with Crippen LogP contribution in [0.2, 0.25) is 0 Å². The first-order valence-electron chi connectivity index (χ1n) is 6.36. The second-order valence-corrected chi connectivity index (χ2v) is 4.60. The van der Waals surface area contributed by atoms with Crippen LogP contribution in [0.25, 0.3) is 11.4 Å². The normalized spacial score (nSPS) is 10.6. The summed E-state index contributed by atoms with van der Waals surface area (Å²) in [5.74, 6) is 1.11. The number of carbonyl (C=O) groups excluding carboxylic acids is 1. The molecule has 3 aromatic rings. The van der Waals surface area contributed by atoms with E-state index < -0.39 is 0 Å². The number of H-pyrrole nitrogens is 1. The Kier molecular flexibility index (Phi) is 3.23. The van der Waals surface area contributed by atoms with E-state index in [1.807, 2.05) is 25.1 Å². The van der Waals surface area contributed by atoms with Crippen LogP contribution in [0, 0.1) is 13.8 Å². The van der Waals surface area contributed by atoms with Gasteiger partial charge in [-0.25, -0.2) is 0 Å². The van der Waals surface area contributed by atoms with Crippen LogP contribution in [0.1, 0.15) is 21.9 Å². The molecule has 21 heavy (non-hydrogen) atoms. The van der Waals surface area contributed by atoms with Crippen LogP contribution in [0.4, 0.5) is 5.69 Å². The first-order valence-corrected chi connectivity index (χ1v) is 6.36. The van der Waals surface area contributed by atoms with Gasteiger partial charge in [0.05, 0.1) is 5.69 Å². The van der Waals surface area contributed by atoms with Gasteiger partial charge in [0.25, 0.3) is 5.91 Å². The van der Waals surface area contributed by atoms with Gasteiger partial charge in [-0.05, 0) is 37.3 Å². The third-order valence-corrected chi connectivity index (χ3v) is 3.01. The van der Waals surface area contributed by atoms with Crippen molar-refractivity contribution in [1.29, 1.82) is 0 Å². The molecule has 0 aliphatic carbocycles. The minimum Gasteiger partial charge on any atom is -0.456 e. The number of para-hydroxylation sites is 1. The molecule has 0 bridgehead atoms. The number of carbonyl (C=O) groups is 1. The Morgan fingerprint density at radius 1 is 1.29 bits per heavy atom. The van der Waals surface area contributed by atoms with Gasteiger partial charge in [0.2, 0.25) is 5.82 Å². The predicted octanol–water partition coefficient (Wildman–Crippen LogP) is 2.33. The lowest BCUT2D eigenvalue weighted by atomic mass is 10.1. The fraction of sp³-hybridized carbons (Fsp3) is 0.143. The fourth-order valence-electron chi connectivity index (χ4n) is 2.11. The Morgan fingerprint density at radius 3 is 2.76 bits per heavy atom. The molecule has 0 saturated heterocycles. The lowest BCUT2D eigenvalue weighted by molar-refractivity contribution is 0.0994. The molecule has 0 unspecified atom stereocenters. The lowest BCUT2D eigenvalue weighted by Gasteiger charge is -2.07. The van der Waals surface area contributed by atoms with Crippen LogP contribution in [0.15, 0.2) is 34.7 Å². The summed E-state index contributed by atoms with van der Waals surface area (Å²) in [6.07, 6.45) is 0. The summed E-state index contributed by atoms with van der Waals surface area (Å²) in [7, 11) is 0. The van der Waals surface area contributed by atoms with Crippen molar-refractivity contribution < 1.29 is 9.21 Å². The molecule has 7 nitrogen and oxygen atoms in total. The Morgan fingerprint density at radius 2 is 2.10 bits per heavy atom. The van der Waals surface area contributed by atoms with Crippen molar-refractivity contribution >= 4 is 11.6 Å². The summed E-state index contributed by atoms with van der Waals surface area (Å²) in [5, 5.41) is 16.6. The Bertz CT molecular complexity index is 777. The molecule has 106 valence electrons. The quantitative estimate of drug-likeness (QED) is 0.769. The zero-order valence-electron chi connectivity index (χ0n) is 11.5. The highest BCUT2D eigenvalue weighted by molar-refractivity contribution is 6.05. The van der Waals surface area contributed by atoms with Gasteiger partial charge in [-0.3, -0.25) is 4.79 Å². The fourth-order valence-corrected chi connectivity index (χ4v) is 2.11. The monoisotopic (exact) mass is 283 g/mol. The van der Waals surface area contributed by atoms with Crippen molar-refractivity contribution in [2.45, 2.75) is 13.8 Å². The van der Waals surface area contributed by atoms with Crippen molar-refractivity contribution in [2.75, 3.05) is 5.32 Å². The lowest BCUT2D eigenvalue weighted by Crippen LogP contribution is -2.13. The number of nitrogens with zero attached hydrogens (tertiary/aromatic N) is 3. The van der Waals surface area contributed by atoms with Crippen molar-refractivity contribution in [2.24, 2.45) is 0 Å². The largest absolute Gasteiger partial charge is 0.456 e. The summed E-state index contributed by atoms with van der Waals surface area (Å²) in [4.78, 5) is 12.3. The third-order valence-electron chi connectivity index (χ3n) is 3.01. The average Bonchev–Trinajstić information content (AvgIpc) is 3.09. The van der Waals surface area contributed by atoms with Gasteiger partial charge in [0, 0.05) is 11.1 Å². The molecular weight excluding hydrogens is 270 g/mol. The SMILES string of the molecule is Cc1cc(C)c(C(=O)Nc2ccccc2-c2nn[nH]n2)o1. The number of rotatable bonds is 3. The van der Waals surface area contributed by atoms with E-state index >= 15 is 0 Å². The third kappa shape index (κ3) is 2.53. The summed E-state index contributed by atoms with van der Waals surface area (Å²) >= 11 is 0. The first-order chi connectivity index (χ1) is 10.1. The van der Waals surface area contributed by atoms with E-state index in [0.717, 1.165) is 5.56 Å². The number of hydrogen-bond donors (Lipinski definition) is 2. The smallest absolute Gasteiger partial charge is 0.291 e. The van der Waals surface area contributed by atoms with E-state index in [-0.39, 0.29) is 5.91 Å². The number of furan rings is 1. The first kappa shape index (κ1) is 13.0. The minimum absolute atomic E-state index is 0.301. The molecule has 2 N–H and O–H groups in total. The Labute approximate surface area is 120 Å². The van der Waals surface area contributed by atoms with Gasteiger partial charge in [-0.2, -0.15) is 5.21 Å². The van der Waals surface area contributed by atoms with Crippen LogP contribution < -0.4 is 5.32 Å². The minimum atomic E-state index is -0.309. The van der Waals surface area contributed by atoms with Crippen LogP contribution in [0.3, 0.4) is 0 Å². The van der Waals surface area contributed by atoms with E-state index in [9.17, 15) is 4.79 Å². The number of benzene rings is 1. The number of anilines is 1. The van der Waals surface area contributed by atoms with Crippen LogP contribution >= 0.6 is 0 Å². The average molecular weight is 283 g/mol. The highest BCUT2D eigenvalue weighted by Crippen LogP contribution is 2.25. The molecule has 3 rings (SSSR count). The number of aromatic nitrogens is 4. The molecular formula is C14H13N5O2. The number of amides is 1. The molecule has 0 atom stereocenters. The maximum atomic E-state index is 12.3. The topological polar surface area (TPSA) is 96.7 Å². The van der Waals surface area contributed by atoms with Gasteiger partial charge < -0.3 is 9.73 Å². The van der Waals surface area contributed by atoms with Gasteiger partial charge in [-0.15, -0.1) is 10.2 Å². The molecule has 7 heteroatoms. The van der Waals surface area contributed by atoms with E-state index in [0.29, 0.717) is 28.6 Å². The maximum Gasteiger partial charge on any atom is 0.291 e. The molecule has 0 saturated carbocycles. The number of hydrogen-bond acceptors (Lipinski definition) is 5. The van der Waals surface area contributed by atoms with Crippen molar-refractivity contribution in [3.63, 3.8) is 0 Å². The van der Waals surface area contributed by atoms with E-state index in [1.165, 1.54) is 0 Å². The summed E-state index contributed by atoms with van der Waals surface area (Å²) < 4.78 is 5.42. The highest BCUT2D eigenvalue weighted by atomic mass is 16.3. The van der Waals surface area contributed by atoms with E-state index in [1.54, 1.807) is 19.1 Å². The molecule has 0 aliphatic heterocycles. The van der Waals surface area contributed by atoms with Gasteiger partial charge >= 0.3 is 0 Å². The second kappa shape index (κ2) is 5.20. The zero-order valence-corrected chi connectivity index (χ0v) is 11.5. The van der Waals surface area contributed by atoms with Crippen LogP contribution in [-0.2, 0) is 0 Å². The molecule has 1 aromatic carbocycles. The highest BCUT2D eigenvalue weighted by Gasteiger charge is 2.17. The Hall–Kier alpha value is -2.96. The molecule has 0 radical (unpaired) electrons. The van der Waals surface area contributed by atoms with E-state index in [2.05, 4.69) is 25.9 Å². The van der Waals surface area contributed by atoms with Gasteiger partial charge in [0.1, 0.15) is 5.76 Å². The van der Waals surface area contributed by atoms with Crippen molar-refractivity contribution in [3.8, 4) is 11.4 Å². The predicted molar refractivity (Wildman–Crippen MR) is 75.7 cm³/mol. The Balaban J connectivity index is 1.92. The summed E-state index contributed by atoms with van der Waals surface area (Å²) in [6, 6.07) is 9.05. The van der Waals surface area contributed by atoms with Gasteiger partial charge in [0.15, 0.2) is 5.76 Å². The van der Waals surface area contributed by atoms with Crippen LogP contribution in [0.5, 0.6) is 0 Å². The second-order valence-electron chi connectivity index (χ2n) is 4.60. The number of nitrogens with one attached hydrogen (secondary N) is 2. The molecule has 2 aromatic heterocycles. The molecule has 0 spiro atoms. The van der Waals surface area contributed by atoms with Crippen LogP contribution in [-0.4, -0.2) is 26.5 Å².